The maximum atomic E-state index is 14.6. The van der Waals surface area contributed by atoms with Gasteiger partial charge in [-0.15, -0.1) is 23.4 Å². The number of hydrogen-bond acceptors (Lipinski definition) is 8. The van der Waals surface area contributed by atoms with Gasteiger partial charge in [0, 0.05) is 24.9 Å². The minimum absolute atomic E-state index is 0.0501. The lowest BCUT2D eigenvalue weighted by molar-refractivity contribution is -0.153. The Bertz CT molecular complexity index is 1300. The predicted molar refractivity (Wildman–Crippen MR) is 152 cm³/mol. The van der Waals surface area contributed by atoms with E-state index in [2.05, 4.69) is 30.4 Å². The first-order chi connectivity index (χ1) is 19.4. The molecule has 214 valence electrons. The second-order valence-corrected chi connectivity index (χ2v) is 12.4. The molecule has 3 aliphatic heterocycles. The van der Waals surface area contributed by atoms with Gasteiger partial charge >= 0.3 is 5.97 Å². The molecule has 2 aromatic rings. The Balaban J connectivity index is 1.51. The van der Waals surface area contributed by atoms with Crippen molar-refractivity contribution in [2.24, 2.45) is 17.8 Å². The molecule has 1 spiro atoms. The zero-order valence-electron chi connectivity index (χ0n) is 22.9. The summed E-state index contributed by atoms with van der Waals surface area (Å²) in [6.45, 7) is 10.6. The molecule has 1 N–H and O–H groups in total. The fourth-order valence-electron chi connectivity index (χ4n) is 6.85. The number of likely N-dealkylation sites (tertiary alicyclic amines) is 1. The second kappa shape index (κ2) is 11.7. The van der Waals surface area contributed by atoms with Crippen molar-refractivity contribution in [3.8, 4) is 0 Å². The molecular formula is C29H37N5O5S. The summed E-state index contributed by atoms with van der Waals surface area (Å²) in [4.78, 5) is 45.4. The predicted octanol–water partition coefficient (Wildman–Crippen LogP) is 2.63. The monoisotopic (exact) mass is 567 g/mol. The summed E-state index contributed by atoms with van der Waals surface area (Å²) in [7, 11) is 0. The number of unbranched alkanes of at least 4 members (excludes halogenated alkanes) is 2. The fourth-order valence-corrected chi connectivity index (χ4v) is 9.25. The van der Waals surface area contributed by atoms with Crippen molar-refractivity contribution in [1.29, 1.82) is 0 Å². The van der Waals surface area contributed by atoms with Crippen molar-refractivity contribution in [1.82, 2.24) is 24.8 Å². The van der Waals surface area contributed by atoms with Crippen LogP contribution in [0.5, 0.6) is 0 Å². The van der Waals surface area contributed by atoms with Crippen molar-refractivity contribution in [3.05, 3.63) is 49.6 Å². The van der Waals surface area contributed by atoms with E-state index in [1.54, 1.807) is 32.3 Å². The van der Waals surface area contributed by atoms with Gasteiger partial charge in [-0.05, 0) is 43.7 Å². The third-order valence-electron chi connectivity index (χ3n) is 8.54. The Hall–Kier alpha value is -3.18. The molecule has 2 bridgehead atoms. The summed E-state index contributed by atoms with van der Waals surface area (Å²) in [5.41, 5.74) is 1.53. The summed E-state index contributed by atoms with van der Waals surface area (Å²) >= 11 is 1.62. The number of aromatic nitrogens is 3. The van der Waals surface area contributed by atoms with Gasteiger partial charge in [0.2, 0.25) is 11.8 Å². The highest BCUT2D eigenvalue weighted by Gasteiger charge is 2.76. The highest BCUT2D eigenvalue weighted by Crippen LogP contribution is 2.68. The van der Waals surface area contributed by atoms with Crippen LogP contribution in [0.3, 0.4) is 0 Å². The van der Waals surface area contributed by atoms with Crippen LogP contribution in [-0.4, -0.2) is 90.0 Å². The summed E-state index contributed by atoms with van der Waals surface area (Å²) in [5.74, 6) is -1.91. The van der Waals surface area contributed by atoms with E-state index >= 15 is 0 Å². The number of carbonyl (C=O) groups is 3. The molecule has 0 aliphatic carbocycles. The van der Waals surface area contributed by atoms with Crippen molar-refractivity contribution >= 4 is 40.6 Å². The Kier molecular flexibility index (Phi) is 8.32. The largest absolute Gasteiger partial charge is 0.461 e. The smallest absolute Gasteiger partial charge is 0.311 e. The average molecular weight is 568 g/mol. The van der Waals surface area contributed by atoms with Crippen LogP contribution in [0.2, 0.25) is 0 Å². The van der Waals surface area contributed by atoms with Gasteiger partial charge in [-0.3, -0.25) is 14.4 Å². The fraction of sp³-hybridized carbons (Fsp3) is 0.552. The summed E-state index contributed by atoms with van der Waals surface area (Å²) in [5, 5.41) is 17.7. The average Bonchev–Trinajstić information content (AvgIpc) is 3.67. The molecule has 0 radical (unpaired) electrons. The van der Waals surface area contributed by atoms with E-state index in [-0.39, 0.29) is 49.4 Å². The van der Waals surface area contributed by atoms with Crippen LogP contribution in [-0.2, 0) is 25.8 Å². The van der Waals surface area contributed by atoms with Gasteiger partial charge in [0.05, 0.1) is 22.1 Å². The van der Waals surface area contributed by atoms with Crippen molar-refractivity contribution in [3.63, 3.8) is 0 Å². The first kappa shape index (κ1) is 28.4. The van der Waals surface area contributed by atoms with Gasteiger partial charge in [0.1, 0.15) is 24.8 Å². The zero-order valence-corrected chi connectivity index (χ0v) is 23.7. The van der Waals surface area contributed by atoms with Gasteiger partial charge in [0.25, 0.3) is 0 Å². The number of thioether (sulfide) groups is 1. The number of carbonyl (C=O) groups excluding carboxylic acids is 3. The van der Waals surface area contributed by atoms with E-state index < -0.39 is 28.6 Å². The molecule has 0 saturated carbocycles. The summed E-state index contributed by atoms with van der Waals surface area (Å²) < 4.78 is 6.41. The number of aliphatic hydroxyl groups is 1. The number of rotatable bonds is 13. The van der Waals surface area contributed by atoms with Crippen LogP contribution in [0, 0.1) is 17.8 Å². The van der Waals surface area contributed by atoms with Gasteiger partial charge in [-0.2, -0.15) is 0 Å². The Labute approximate surface area is 238 Å². The Morgan fingerprint density at radius 3 is 2.80 bits per heavy atom. The highest BCUT2D eigenvalue weighted by atomic mass is 32.2. The maximum Gasteiger partial charge on any atom is 0.311 e. The van der Waals surface area contributed by atoms with Crippen LogP contribution >= 0.6 is 11.8 Å². The van der Waals surface area contributed by atoms with E-state index in [0.29, 0.717) is 19.4 Å². The van der Waals surface area contributed by atoms with Gasteiger partial charge in [-0.1, -0.05) is 43.0 Å². The molecule has 3 unspecified atom stereocenters. The molecule has 6 atom stereocenters. The lowest BCUT2D eigenvalue weighted by Gasteiger charge is -2.40. The van der Waals surface area contributed by atoms with Crippen molar-refractivity contribution in [2.45, 2.75) is 55.3 Å². The third kappa shape index (κ3) is 4.62. The van der Waals surface area contributed by atoms with Crippen molar-refractivity contribution < 1.29 is 24.2 Å². The van der Waals surface area contributed by atoms with E-state index in [9.17, 15) is 19.5 Å². The maximum absolute atomic E-state index is 14.6. The number of benzene rings is 1. The summed E-state index contributed by atoms with van der Waals surface area (Å²) in [6, 6.07) is 6.82. The standard InChI is InChI=1S/C29H37N5O5S/c1-4-13-32(18-34-21-12-8-7-11-20(21)30-31-34)27(37)25-29-19(3)17-22(40-29)23(28(38)39-16-5-2)24(29)26(36)33(25)14-9-6-10-15-35/h4-5,7-8,11-12,19,22-25,35H,1-2,6,9-10,13-18H2,3H3/t19?,22-,23+,24+,25?,29?/m1/s1. The molecule has 1 aromatic heterocycles. The molecule has 3 saturated heterocycles. The first-order valence-corrected chi connectivity index (χ1v) is 14.8. The molecular weight excluding hydrogens is 530 g/mol. The van der Waals surface area contributed by atoms with E-state index in [0.717, 1.165) is 23.9 Å². The Morgan fingerprint density at radius 1 is 1.25 bits per heavy atom. The zero-order chi connectivity index (χ0) is 28.4. The number of amides is 2. The second-order valence-electron chi connectivity index (χ2n) is 10.9. The SMILES string of the molecule is C=CCOC(=O)[C@@H]1[C@H]2C(=O)N(CCCCCO)C(C(=O)N(CC=C)Cn3nnc4ccccc43)C23S[C@@H]1CC3C. The molecule has 3 aliphatic rings. The van der Waals surface area contributed by atoms with E-state index in [1.807, 2.05) is 24.3 Å². The number of aliphatic hydroxyl groups excluding tert-OH is 1. The van der Waals surface area contributed by atoms with E-state index in [4.69, 9.17) is 4.74 Å². The topological polar surface area (TPSA) is 118 Å². The number of esters is 1. The minimum Gasteiger partial charge on any atom is -0.461 e. The van der Waals surface area contributed by atoms with Gasteiger partial charge in [-0.25, -0.2) is 4.68 Å². The molecule has 4 heterocycles. The Morgan fingerprint density at radius 2 is 2.05 bits per heavy atom. The van der Waals surface area contributed by atoms with Crippen molar-refractivity contribution in [2.75, 3.05) is 26.3 Å². The highest BCUT2D eigenvalue weighted by molar-refractivity contribution is 8.02. The van der Waals surface area contributed by atoms with Crippen LogP contribution < -0.4 is 0 Å². The molecule has 5 rings (SSSR count). The van der Waals surface area contributed by atoms with Crippen LogP contribution in [0.1, 0.15) is 32.6 Å². The third-order valence-corrected chi connectivity index (χ3v) is 10.6. The molecule has 1 aromatic carbocycles. The normalized spacial score (nSPS) is 28.6. The number of fused-ring (bicyclic) bond motifs is 2. The minimum atomic E-state index is -0.740. The van der Waals surface area contributed by atoms with Gasteiger partial charge in [0.15, 0.2) is 0 Å². The molecule has 40 heavy (non-hydrogen) atoms. The molecule has 2 amide bonds. The van der Waals surface area contributed by atoms with Crippen LogP contribution in [0.4, 0.5) is 0 Å². The molecule has 3 fully saturated rings. The van der Waals surface area contributed by atoms with Gasteiger partial charge < -0.3 is 19.6 Å². The van der Waals surface area contributed by atoms with Crippen LogP contribution in [0.15, 0.2) is 49.6 Å². The first-order valence-electron chi connectivity index (χ1n) is 13.9. The number of ether oxygens (including phenoxy) is 1. The molecule has 11 heteroatoms. The molecule has 10 nitrogen and oxygen atoms in total. The number of hydrogen-bond donors (Lipinski definition) is 1. The lowest BCUT2D eigenvalue weighted by atomic mass is 9.66. The lowest BCUT2D eigenvalue weighted by Crippen LogP contribution is -2.57. The van der Waals surface area contributed by atoms with Crippen LogP contribution in [0.25, 0.3) is 11.0 Å². The number of para-hydroxylation sites is 1. The number of nitrogens with zero attached hydrogens (tertiary/aromatic N) is 5. The summed E-state index contributed by atoms with van der Waals surface area (Å²) in [6.07, 6.45) is 5.94. The quantitative estimate of drug-likeness (QED) is 0.223. The van der Waals surface area contributed by atoms with E-state index in [1.165, 1.54) is 6.08 Å².